The Bertz CT molecular complexity index is 2450. The van der Waals surface area contributed by atoms with Crippen molar-refractivity contribution in [2.75, 3.05) is 6.61 Å². The molecule has 0 aromatic heterocycles. The van der Waals surface area contributed by atoms with Crippen LogP contribution in [0.1, 0.15) is 129 Å². The number of rotatable bonds is 16. The predicted octanol–water partition coefficient (Wildman–Crippen LogP) is 10.2. The number of nitrogens with two attached hydrogens (primary N) is 1. The van der Waals surface area contributed by atoms with E-state index in [1.807, 2.05) is 66.7 Å². The highest BCUT2D eigenvalue weighted by Gasteiger charge is 2.24. The third-order valence-corrected chi connectivity index (χ3v) is 8.64. The van der Waals surface area contributed by atoms with Gasteiger partial charge in [-0.25, -0.2) is 19.4 Å². The highest BCUT2D eigenvalue weighted by molar-refractivity contribution is 6.02. The zero-order valence-corrected chi connectivity index (χ0v) is 43.5. The number of primary amides is 1. The molecule has 0 fully saturated rings. The molecule has 17 heteroatoms. The van der Waals surface area contributed by atoms with Gasteiger partial charge in [-0.2, -0.15) is 0 Å². The summed E-state index contributed by atoms with van der Waals surface area (Å²) >= 11 is 0. The molecule has 4 rings (SSSR count). The topological polar surface area (TPSA) is 229 Å². The van der Waals surface area contributed by atoms with E-state index in [0.29, 0.717) is 18.8 Å². The SMILES string of the molecule is CC(C)(C)OC(=O)CCC(=O)OC(C)(C)C.CC(C)(C)OC(=O)NC(=Nc1ccc(C(=O)OCc2ccccc2)c(OCCc2cc(/C=C/C(N)=O)ccc2OCc2ccccc2)c1)NC(=O)OC(C)(C)C. The van der Waals surface area contributed by atoms with Crippen molar-refractivity contribution < 1.29 is 61.9 Å². The largest absolute Gasteiger partial charge is 0.492 e. The van der Waals surface area contributed by atoms with Gasteiger partial charge in [0.05, 0.1) is 25.1 Å². The minimum absolute atomic E-state index is 0.0243. The number of amides is 3. The van der Waals surface area contributed by atoms with Crippen LogP contribution in [0.3, 0.4) is 0 Å². The number of hydrogen-bond acceptors (Lipinski definition) is 14. The molecule has 0 aliphatic carbocycles. The molecule has 0 heterocycles. The number of nitrogens with one attached hydrogen (secondary N) is 2. The average Bonchev–Trinajstić information content (AvgIpc) is 3.25. The van der Waals surface area contributed by atoms with E-state index in [4.69, 9.17) is 38.9 Å². The molecular formula is C55H70N4O13. The minimum atomic E-state index is -0.872. The van der Waals surface area contributed by atoms with Gasteiger partial charge in [-0.15, -0.1) is 0 Å². The molecule has 0 unspecified atom stereocenters. The normalized spacial score (nSPS) is 11.4. The Kier molecular flexibility index (Phi) is 22.0. The molecular weight excluding hydrogens is 925 g/mol. The Morgan fingerprint density at radius 3 is 1.56 bits per heavy atom. The summed E-state index contributed by atoms with van der Waals surface area (Å²) in [5.74, 6) is -1.56. The first-order chi connectivity index (χ1) is 33.5. The summed E-state index contributed by atoms with van der Waals surface area (Å²) in [5.41, 5.74) is 6.19. The van der Waals surface area contributed by atoms with Gasteiger partial charge in [0, 0.05) is 18.6 Å². The van der Waals surface area contributed by atoms with E-state index in [0.717, 1.165) is 22.3 Å². The second-order valence-electron chi connectivity index (χ2n) is 20.1. The van der Waals surface area contributed by atoms with Crippen LogP contribution < -0.4 is 25.8 Å². The molecule has 72 heavy (non-hydrogen) atoms. The number of ether oxygens (including phenoxy) is 7. The number of hydrogen-bond donors (Lipinski definition) is 3. The Balaban J connectivity index is 0.000000732. The average molecular weight is 995 g/mol. The summed E-state index contributed by atoms with van der Waals surface area (Å²) < 4.78 is 38.9. The lowest BCUT2D eigenvalue weighted by molar-refractivity contribution is -0.162. The van der Waals surface area contributed by atoms with E-state index in [2.05, 4.69) is 15.6 Å². The molecule has 388 valence electrons. The van der Waals surface area contributed by atoms with Crippen LogP contribution in [0, 0.1) is 0 Å². The number of benzene rings is 4. The Morgan fingerprint density at radius 1 is 0.569 bits per heavy atom. The maximum absolute atomic E-state index is 13.5. The third kappa shape index (κ3) is 25.3. The summed E-state index contributed by atoms with van der Waals surface area (Å²) in [6.45, 7) is 21.3. The summed E-state index contributed by atoms with van der Waals surface area (Å²) in [6, 6.07) is 28.8. The second-order valence-corrected chi connectivity index (χ2v) is 20.1. The number of alkyl carbamates (subject to hydrolysis) is 2. The van der Waals surface area contributed by atoms with Gasteiger partial charge in [0.15, 0.2) is 0 Å². The van der Waals surface area contributed by atoms with Crippen LogP contribution in [0.25, 0.3) is 6.08 Å². The Hall–Kier alpha value is -7.69. The fraction of sp³-hybridized carbons (Fsp3) is 0.400. The first-order valence-electron chi connectivity index (χ1n) is 23.3. The van der Waals surface area contributed by atoms with Crippen LogP contribution in [-0.4, -0.2) is 71.0 Å². The van der Waals surface area contributed by atoms with Crippen LogP contribution >= 0.6 is 0 Å². The van der Waals surface area contributed by atoms with Gasteiger partial charge in [-0.1, -0.05) is 66.7 Å². The van der Waals surface area contributed by atoms with Gasteiger partial charge in [0.2, 0.25) is 11.9 Å². The molecule has 0 atom stereocenters. The maximum atomic E-state index is 13.5. The molecule has 4 aromatic rings. The van der Waals surface area contributed by atoms with Crippen molar-refractivity contribution in [1.29, 1.82) is 0 Å². The molecule has 4 aromatic carbocycles. The minimum Gasteiger partial charge on any atom is -0.492 e. The van der Waals surface area contributed by atoms with Crippen LogP contribution in [-0.2, 0) is 57.7 Å². The van der Waals surface area contributed by atoms with Gasteiger partial charge in [0.25, 0.3) is 0 Å². The van der Waals surface area contributed by atoms with Crippen molar-refractivity contribution >= 4 is 53.7 Å². The Labute approximate surface area is 422 Å². The first kappa shape index (κ1) is 58.6. The molecule has 3 amide bonds. The predicted molar refractivity (Wildman–Crippen MR) is 273 cm³/mol. The van der Waals surface area contributed by atoms with Crippen molar-refractivity contribution in [3.8, 4) is 11.5 Å². The molecule has 0 bridgehead atoms. The van der Waals surface area contributed by atoms with Crippen molar-refractivity contribution in [2.24, 2.45) is 10.7 Å². The molecule has 0 saturated heterocycles. The number of guanidine groups is 1. The smallest absolute Gasteiger partial charge is 0.414 e. The van der Waals surface area contributed by atoms with E-state index in [1.165, 1.54) is 24.3 Å². The van der Waals surface area contributed by atoms with Crippen molar-refractivity contribution in [3.63, 3.8) is 0 Å². The number of aliphatic imine (C=N–C) groups is 1. The van der Waals surface area contributed by atoms with E-state index in [9.17, 15) is 28.8 Å². The number of nitrogens with zero attached hydrogens (tertiary/aromatic N) is 1. The van der Waals surface area contributed by atoms with E-state index in [1.54, 1.807) is 101 Å². The monoisotopic (exact) mass is 994 g/mol. The third-order valence-electron chi connectivity index (χ3n) is 8.64. The van der Waals surface area contributed by atoms with Crippen LogP contribution in [0.4, 0.5) is 15.3 Å². The quantitative estimate of drug-likeness (QED) is 0.0312. The van der Waals surface area contributed by atoms with Crippen LogP contribution in [0.2, 0.25) is 0 Å². The zero-order valence-electron chi connectivity index (χ0n) is 43.5. The molecule has 0 saturated carbocycles. The highest BCUT2D eigenvalue weighted by Crippen LogP contribution is 2.29. The number of carbonyl (C=O) groups is 6. The van der Waals surface area contributed by atoms with Gasteiger partial charge in [-0.05, 0) is 136 Å². The summed E-state index contributed by atoms with van der Waals surface area (Å²) in [6.07, 6.45) is 1.57. The maximum Gasteiger partial charge on any atom is 0.414 e. The van der Waals surface area contributed by atoms with Crippen molar-refractivity contribution in [1.82, 2.24) is 10.6 Å². The Morgan fingerprint density at radius 2 is 1.07 bits per heavy atom. The van der Waals surface area contributed by atoms with Gasteiger partial charge in [-0.3, -0.25) is 25.0 Å². The van der Waals surface area contributed by atoms with Gasteiger partial charge < -0.3 is 38.9 Å². The van der Waals surface area contributed by atoms with Crippen LogP contribution in [0.15, 0.2) is 108 Å². The van der Waals surface area contributed by atoms with Gasteiger partial charge >= 0.3 is 30.1 Å². The number of esters is 3. The van der Waals surface area contributed by atoms with Crippen LogP contribution in [0.5, 0.6) is 11.5 Å². The molecule has 17 nitrogen and oxygen atoms in total. The standard InChI is InChI=1S/C43H48N4O9.C12H22O4/c1-42(2,3)55-40(50)46-39(47-41(51)56-43(4,5)6)45-33-19-20-34(38(49)54-28-31-15-11-8-12-16-31)36(26-33)52-24-23-32-25-29(18-22-37(44)48)17-21-35(32)53-27-30-13-9-7-10-14-30;1-11(2,3)15-9(13)7-8-10(14)16-12(4,5)6/h7-22,25-26H,23-24,27-28H2,1-6H3,(H2,44,48)(H2,45,46,47,50,51);7-8H2,1-6H3/b22-18+;. The first-order valence-corrected chi connectivity index (χ1v) is 23.3. The lowest BCUT2D eigenvalue weighted by Crippen LogP contribution is -2.47. The van der Waals surface area contributed by atoms with Crippen molar-refractivity contribution in [2.45, 2.75) is 138 Å². The summed E-state index contributed by atoms with van der Waals surface area (Å²) in [4.78, 5) is 77.4. The zero-order chi connectivity index (χ0) is 53.7. The lowest BCUT2D eigenvalue weighted by atomic mass is 10.1. The molecule has 0 aliphatic heterocycles. The highest BCUT2D eigenvalue weighted by atomic mass is 16.6. The van der Waals surface area contributed by atoms with Crippen molar-refractivity contribution in [3.05, 3.63) is 131 Å². The summed E-state index contributed by atoms with van der Waals surface area (Å²) in [5, 5.41) is 4.89. The number of carbonyl (C=O) groups excluding carboxylic acids is 6. The second kappa shape index (κ2) is 27.1. The molecule has 0 spiro atoms. The van der Waals surface area contributed by atoms with E-state index >= 15 is 0 Å². The van der Waals surface area contributed by atoms with Gasteiger partial charge in [0.1, 0.15) is 52.7 Å². The van der Waals surface area contributed by atoms with E-state index in [-0.39, 0.29) is 61.0 Å². The molecule has 0 aliphatic rings. The fourth-order valence-corrected chi connectivity index (χ4v) is 5.90. The molecule has 4 N–H and O–H groups in total. The van der Waals surface area contributed by atoms with E-state index < -0.39 is 46.5 Å². The fourth-order valence-electron chi connectivity index (χ4n) is 5.90. The lowest BCUT2D eigenvalue weighted by Gasteiger charge is -2.22. The molecule has 0 radical (unpaired) electrons. The summed E-state index contributed by atoms with van der Waals surface area (Å²) in [7, 11) is 0.